The van der Waals surface area contributed by atoms with Crippen LogP contribution in [0.15, 0.2) is 65.1 Å². The third kappa shape index (κ3) is 5.12. The van der Waals surface area contributed by atoms with Gasteiger partial charge < -0.3 is 9.47 Å². The molecule has 0 radical (unpaired) electrons. The molecule has 0 N–H and O–H groups in total. The Morgan fingerprint density at radius 3 is 2.08 bits per heavy atom. The molecule has 2 aliphatic rings. The molecule has 1 aliphatic carbocycles. The summed E-state index contributed by atoms with van der Waals surface area (Å²) in [5.41, 5.74) is 1.38. The van der Waals surface area contributed by atoms with E-state index in [0.29, 0.717) is 21.9 Å². The van der Waals surface area contributed by atoms with Crippen molar-refractivity contribution < 1.29 is 28.1 Å². The fourth-order valence-electron chi connectivity index (χ4n) is 5.11. The lowest BCUT2D eigenvalue weighted by atomic mass is 9.76. The zero-order chi connectivity index (χ0) is 27.9. The molecule has 2 aromatic carbocycles. The Bertz CT molecular complexity index is 1300. The molecule has 9 heteroatoms. The lowest BCUT2D eigenvalue weighted by molar-refractivity contribution is -0.138. The number of likely N-dealkylation sites (tertiary alicyclic amines) is 1. The van der Waals surface area contributed by atoms with E-state index in [-0.39, 0.29) is 0 Å². The first-order valence-corrected chi connectivity index (χ1v) is 13.7. The van der Waals surface area contributed by atoms with Crippen LogP contribution >= 0.6 is 0 Å². The Balaban J connectivity index is 1.85. The van der Waals surface area contributed by atoms with Crippen molar-refractivity contribution in [3.8, 4) is 5.75 Å². The number of amides is 3. The minimum Gasteiger partial charge on any atom is -0.497 e. The number of carbonyl (C=O) groups excluding carboxylic acids is 3. The molecule has 0 aromatic heterocycles. The number of hydrogen-bond acceptors (Lipinski definition) is 6. The molecule has 1 saturated heterocycles. The first-order chi connectivity index (χ1) is 17.8. The number of benzene rings is 2. The van der Waals surface area contributed by atoms with Gasteiger partial charge in [-0.2, -0.15) is 0 Å². The van der Waals surface area contributed by atoms with Crippen LogP contribution in [0.3, 0.4) is 0 Å². The van der Waals surface area contributed by atoms with Crippen LogP contribution < -0.4 is 9.64 Å². The fourth-order valence-corrected chi connectivity index (χ4v) is 6.72. The molecule has 1 heterocycles. The summed E-state index contributed by atoms with van der Waals surface area (Å²) in [5, 5.41) is -0.725. The standard InChI is InChI=1S/C29H34N2O6S/c1-17-8-14-21(15-9-17)38(35)22-16-18(2)25(24-23(22)26(32)30(6)27(24)33)31(28(34)37-29(3,4)5)19-10-12-20(36-7)13-11-19/h8-16,22-25H,1-7H3/t22-,23-,24-,25+,38-/m0/s1. The predicted molar refractivity (Wildman–Crippen MR) is 145 cm³/mol. The van der Waals surface area contributed by atoms with Crippen LogP contribution in [0.4, 0.5) is 10.5 Å². The van der Waals surface area contributed by atoms with Gasteiger partial charge in [0.25, 0.3) is 0 Å². The normalized spacial score (nSPS) is 24.0. The highest BCUT2D eigenvalue weighted by Gasteiger charge is 2.58. The monoisotopic (exact) mass is 538 g/mol. The summed E-state index contributed by atoms with van der Waals surface area (Å²) in [7, 11) is 1.39. The van der Waals surface area contributed by atoms with Crippen LogP contribution in [0.1, 0.15) is 33.3 Å². The first kappa shape index (κ1) is 27.6. The number of carbonyl (C=O) groups is 3. The van der Waals surface area contributed by atoms with Crippen LogP contribution in [0.2, 0.25) is 0 Å². The number of fused-ring (bicyclic) bond motifs is 1. The molecule has 38 heavy (non-hydrogen) atoms. The van der Waals surface area contributed by atoms with E-state index in [1.807, 2.05) is 19.1 Å². The van der Waals surface area contributed by atoms with Gasteiger partial charge >= 0.3 is 6.09 Å². The second-order valence-corrected chi connectivity index (χ2v) is 12.4. The topological polar surface area (TPSA) is 93.2 Å². The van der Waals surface area contributed by atoms with Crippen molar-refractivity contribution in [3.63, 3.8) is 0 Å². The van der Waals surface area contributed by atoms with Gasteiger partial charge in [0, 0.05) is 17.6 Å². The van der Waals surface area contributed by atoms with E-state index in [0.717, 1.165) is 10.5 Å². The highest BCUT2D eigenvalue weighted by molar-refractivity contribution is 7.86. The van der Waals surface area contributed by atoms with E-state index in [9.17, 15) is 18.6 Å². The van der Waals surface area contributed by atoms with Crippen LogP contribution in [0.25, 0.3) is 0 Å². The van der Waals surface area contributed by atoms with Gasteiger partial charge in [-0.25, -0.2) is 4.79 Å². The minimum absolute atomic E-state index is 0.405. The van der Waals surface area contributed by atoms with Crippen LogP contribution in [-0.4, -0.2) is 58.1 Å². The zero-order valence-corrected chi connectivity index (χ0v) is 23.6. The molecular formula is C29H34N2O6S. The van der Waals surface area contributed by atoms with E-state index in [2.05, 4.69) is 0 Å². The van der Waals surface area contributed by atoms with E-state index < -0.39 is 57.4 Å². The average molecular weight is 539 g/mol. The summed E-state index contributed by atoms with van der Waals surface area (Å²) in [6, 6.07) is 13.4. The summed E-state index contributed by atoms with van der Waals surface area (Å²) in [6.45, 7) is 9.04. The number of methoxy groups -OCH3 is 1. The smallest absolute Gasteiger partial charge is 0.415 e. The lowest BCUT2D eigenvalue weighted by Crippen LogP contribution is -2.54. The maximum Gasteiger partial charge on any atom is 0.415 e. The molecule has 3 amide bonds. The number of anilines is 1. The number of aryl methyl sites for hydroxylation is 1. The average Bonchev–Trinajstić information content (AvgIpc) is 3.08. The molecule has 0 bridgehead atoms. The van der Waals surface area contributed by atoms with Gasteiger partial charge in [-0.1, -0.05) is 29.3 Å². The highest BCUT2D eigenvalue weighted by Crippen LogP contribution is 2.44. The molecule has 1 aliphatic heterocycles. The Labute approximate surface area is 226 Å². The number of rotatable bonds is 5. The van der Waals surface area contributed by atoms with Crippen molar-refractivity contribution >= 4 is 34.4 Å². The van der Waals surface area contributed by atoms with Crippen molar-refractivity contribution in [3.05, 3.63) is 65.7 Å². The molecule has 2 aromatic rings. The maximum absolute atomic E-state index is 13.8. The second kappa shape index (κ2) is 10.4. The minimum atomic E-state index is -1.59. The van der Waals surface area contributed by atoms with Gasteiger partial charge in [-0.15, -0.1) is 0 Å². The van der Waals surface area contributed by atoms with Gasteiger partial charge in [0.05, 0.1) is 41.0 Å². The molecule has 0 unspecified atom stereocenters. The molecule has 8 nitrogen and oxygen atoms in total. The Hall–Kier alpha value is -3.46. The Morgan fingerprint density at radius 1 is 0.947 bits per heavy atom. The zero-order valence-electron chi connectivity index (χ0n) is 22.8. The van der Waals surface area contributed by atoms with Crippen LogP contribution in [-0.2, 0) is 25.1 Å². The van der Waals surface area contributed by atoms with Gasteiger partial charge in [-0.3, -0.25) is 23.6 Å². The third-order valence-electron chi connectivity index (χ3n) is 6.93. The molecule has 0 spiro atoms. The summed E-state index contributed by atoms with van der Waals surface area (Å²) < 4.78 is 24.8. The van der Waals surface area contributed by atoms with Gasteiger partial charge in [0.15, 0.2) is 0 Å². The highest BCUT2D eigenvalue weighted by atomic mass is 32.2. The SMILES string of the molecule is COc1ccc(N(C(=O)OC(C)(C)C)[C@@H]2C(C)=C[C@H]([S@@](=O)c3ccc(C)cc3)[C@@H]3C(=O)N(C)C(=O)[C@@H]32)cc1. The Kier molecular flexibility index (Phi) is 7.52. The molecule has 202 valence electrons. The molecule has 1 fully saturated rings. The largest absolute Gasteiger partial charge is 0.497 e. The molecular weight excluding hydrogens is 504 g/mol. The number of ether oxygens (including phenoxy) is 2. The summed E-state index contributed by atoms with van der Waals surface area (Å²) in [6.07, 6.45) is 1.14. The maximum atomic E-state index is 13.8. The van der Waals surface area contributed by atoms with Crippen molar-refractivity contribution in [2.45, 2.75) is 56.4 Å². The van der Waals surface area contributed by atoms with E-state index >= 15 is 0 Å². The number of hydrogen-bond donors (Lipinski definition) is 0. The van der Waals surface area contributed by atoms with Crippen molar-refractivity contribution in [2.24, 2.45) is 11.8 Å². The van der Waals surface area contributed by atoms with Crippen molar-refractivity contribution in [2.75, 3.05) is 19.1 Å². The summed E-state index contributed by atoms with van der Waals surface area (Å²) in [5.74, 6) is -2.03. The fraction of sp³-hybridized carbons (Fsp3) is 0.414. The van der Waals surface area contributed by atoms with Crippen LogP contribution in [0.5, 0.6) is 5.75 Å². The predicted octanol–water partition coefficient (Wildman–Crippen LogP) is 4.48. The summed E-state index contributed by atoms with van der Waals surface area (Å²) >= 11 is 0. The summed E-state index contributed by atoms with van der Waals surface area (Å²) in [4.78, 5) is 43.8. The van der Waals surface area contributed by atoms with Gasteiger partial charge in [0.1, 0.15) is 11.4 Å². The van der Waals surface area contributed by atoms with E-state index in [1.165, 1.54) is 11.9 Å². The number of imide groups is 1. The molecule has 0 saturated carbocycles. The number of nitrogens with zero attached hydrogens (tertiary/aromatic N) is 2. The van der Waals surface area contributed by atoms with E-state index in [1.54, 1.807) is 77.3 Å². The first-order valence-electron chi connectivity index (χ1n) is 12.5. The molecule has 5 atom stereocenters. The van der Waals surface area contributed by atoms with Gasteiger partial charge in [-0.05, 0) is 71.0 Å². The van der Waals surface area contributed by atoms with Crippen molar-refractivity contribution in [1.82, 2.24) is 4.90 Å². The third-order valence-corrected chi connectivity index (χ3v) is 8.59. The Morgan fingerprint density at radius 2 is 1.53 bits per heavy atom. The quantitative estimate of drug-likeness (QED) is 0.412. The van der Waals surface area contributed by atoms with Gasteiger partial charge in [0.2, 0.25) is 11.8 Å². The lowest BCUT2D eigenvalue weighted by Gasteiger charge is -2.41. The van der Waals surface area contributed by atoms with E-state index in [4.69, 9.17) is 9.47 Å². The van der Waals surface area contributed by atoms with Crippen LogP contribution in [0, 0.1) is 18.8 Å². The second-order valence-electron chi connectivity index (χ2n) is 10.8. The molecule has 4 rings (SSSR count). The van der Waals surface area contributed by atoms with Crippen molar-refractivity contribution in [1.29, 1.82) is 0 Å².